The van der Waals surface area contributed by atoms with Crippen molar-refractivity contribution in [2.45, 2.75) is 19.0 Å². The van der Waals surface area contributed by atoms with Crippen LogP contribution in [0.5, 0.6) is 5.75 Å². The Labute approximate surface area is 182 Å². The molecule has 4 rings (SSSR count). The number of fused-ring (bicyclic) bond motifs is 1. The molecule has 1 unspecified atom stereocenters. The molecule has 2 N–H and O–H groups in total. The summed E-state index contributed by atoms with van der Waals surface area (Å²) in [6.45, 7) is 3.34. The summed E-state index contributed by atoms with van der Waals surface area (Å²) in [5.41, 5.74) is 1.55. The summed E-state index contributed by atoms with van der Waals surface area (Å²) < 4.78 is 7.70. The van der Waals surface area contributed by atoms with Crippen LogP contribution in [0.2, 0.25) is 0 Å². The lowest BCUT2D eigenvalue weighted by molar-refractivity contribution is 0.0942. The molecule has 2 heterocycles. The van der Waals surface area contributed by atoms with Crippen molar-refractivity contribution in [2.24, 2.45) is 0 Å². The van der Waals surface area contributed by atoms with Crippen molar-refractivity contribution in [1.29, 1.82) is 0 Å². The average Bonchev–Trinajstić information content (AvgIpc) is 3.26. The molecule has 31 heavy (non-hydrogen) atoms. The minimum absolute atomic E-state index is 0.0375. The van der Waals surface area contributed by atoms with Gasteiger partial charge in [0.1, 0.15) is 23.9 Å². The van der Waals surface area contributed by atoms with Crippen LogP contribution in [0.15, 0.2) is 66.9 Å². The molecule has 3 aromatic rings. The molecule has 0 fully saturated rings. The van der Waals surface area contributed by atoms with Gasteiger partial charge in [-0.2, -0.15) is 0 Å². The predicted octanol–water partition coefficient (Wildman–Crippen LogP) is 2.48. The van der Waals surface area contributed by atoms with Crippen molar-refractivity contribution in [3.8, 4) is 5.75 Å². The molecule has 1 aromatic heterocycles. The standard InChI is InChI=1S/C24H28N4O3/c29-16-7-13-27-14-15-28-18-21(26-23(28)22(27)19-8-3-1-4-9-19)24(30)25-12-17-31-20-10-5-2-6-11-20/h1-6,8-11,18,22,29H,7,12-17H2,(H,25,30). The molecule has 0 radical (unpaired) electrons. The summed E-state index contributed by atoms with van der Waals surface area (Å²) in [7, 11) is 0. The lowest BCUT2D eigenvalue weighted by Gasteiger charge is -2.36. The van der Waals surface area contributed by atoms with Crippen LogP contribution in [-0.4, -0.2) is 58.3 Å². The number of carbonyl (C=O) groups is 1. The molecule has 1 atom stereocenters. The fourth-order valence-corrected chi connectivity index (χ4v) is 3.92. The highest BCUT2D eigenvalue weighted by Crippen LogP contribution is 2.31. The molecule has 0 saturated heterocycles. The predicted molar refractivity (Wildman–Crippen MR) is 118 cm³/mol. The van der Waals surface area contributed by atoms with Crippen molar-refractivity contribution < 1.29 is 14.6 Å². The highest BCUT2D eigenvalue weighted by Gasteiger charge is 2.31. The van der Waals surface area contributed by atoms with Gasteiger partial charge in [-0.15, -0.1) is 0 Å². The minimum atomic E-state index is -0.202. The quantitative estimate of drug-likeness (QED) is 0.520. The second-order valence-corrected chi connectivity index (χ2v) is 7.52. The van der Waals surface area contributed by atoms with Crippen molar-refractivity contribution in [1.82, 2.24) is 19.8 Å². The van der Waals surface area contributed by atoms with E-state index in [0.717, 1.165) is 36.8 Å². The van der Waals surface area contributed by atoms with Crippen LogP contribution >= 0.6 is 0 Å². The zero-order valence-electron chi connectivity index (χ0n) is 17.5. The summed E-state index contributed by atoms with van der Waals surface area (Å²) >= 11 is 0. The van der Waals surface area contributed by atoms with E-state index in [1.54, 1.807) is 0 Å². The number of rotatable bonds is 9. The van der Waals surface area contributed by atoms with Crippen molar-refractivity contribution in [2.75, 3.05) is 32.8 Å². The lowest BCUT2D eigenvalue weighted by Crippen LogP contribution is -2.39. The van der Waals surface area contributed by atoms with Gasteiger partial charge in [-0.25, -0.2) is 4.98 Å². The zero-order chi connectivity index (χ0) is 21.5. The van der Waals surface area contributed by atoms with E-state index in [4.69, 9.17) is 9.72 Å². The Morgan fingerprint density at radius 1 is 1.10 bits per heavy atom. The van der Waals surface area contributed by atoms with E-state index in [0.29, 0.717) is 25.3 Å². The molecule has 7 heteroatoms. The first-order valence-electron chi connectivity index (χ1n) is 10.7. The largest absolute Gasteiger partial charge is 0.492 e. The monoisotopic (exact) mass is 420 g/mol. The lowest BCUT2D eigenvalue weighted by atomic mass is 10.0. The Morgan fingerprint density at radius 3 is 2.58 bits per heavy atom. The van der Waals surface area contributed by atoms with Crippen molar-refractivity contribution in [3.05, 3.63) is 83.9 Å². The van der Waals surface area contributed by atoms with E-state index < -0.39 is 0 Å². The molecule has 1 aliphatic heterocycles. The first-order chi connectivity index (χ1) is 15.3. The number of benzene rings is 2. The van der Waals surface area contributed by atoms with E-state index in [1.807, 2.05) is 54.7 Å². The van der Waals surface area contributed by atoms with E-state index in [1.165, 1.54) is 0 Å². The van der Waals surface area contributed by atoms with Gasteiger partial charge >= 0.3 is 0 Å². The molecule has 162 valence electrons. The van der Waals surface area contributed by atoms with Crippen LogP contribution in [0.3, 0.4) is 0 Å². The SMILES string of the molecule is O=C(NCCOc1ccccc1)c1cn2c(n1)C(c1ccccc1)N(CCCO)CC2. The number of aromatic nitrogens is 2. The van der Waals surface area contributed by atoms with Crippen molar-refractivity contribution in [3.63, 3.8) is 0 Å². The Morgan fingerprint density at radius 2 is 1.84 bits per heavy atom. The summed E-state index contributed by atoms with van der Waals surface area (Å²) in [6, 6.07) is 19.7. The number of carbonyl (C=O) groups excluding carboxylic acids is 1. The van der Waals surface area contributed by atoms with Gasteiger partial charge in [0.05, 0.1) is 12.6 Å². The zero-order valence-corrected chi connectivity index (χ0v) is 17.5. The van der Waals surface area contributed by atoms with E-state index in [2.05, 4.69) is 26.9 Å². The van der Waals surface area contributed by atoms with Crippen LogP contribution in [0, 0.1) is 0 Å². The Kier molecular flexibility index (Phi) is 6.96. The summed E-state index contributed by atoms with van der Waals surface area (Å²) in [5, 5.41) is 12.2. The normalized spacial score (nSPS) is 16.0. The fourth-order valence-electron chi connectivity index (χ4n) is 3.92. The summed E-state index contributed by atoms with van der Waals surface area (Å²) in [4.78, 5) is 19.7. The Hall–Kier alpha value is -3.16. The van der Waals surface area contributed by atoms with Gasteiger partial charge in [-0.3, -0.25) is 9.69 Å². The number of nitrogens with zero attached hydrogens (tertiary/aromatic N) is 3. The third-order valence-corrected chi connectivity index (χ3v) is 5.40. The number of para-hydroxylation sites is 1. The second kappa shape index (κ2) is 10.2. The second-order valence-electron chi connectivity index (χ2n) is 7.52. The molecular weight excluding hydrogens is 392 g/mol. The van der Waals surface area contributed by atoms with E-state index >= 15 is 0 Å². The maximum Gasteiger partial charge on any atom is 0.271 e. The Balaban J connectivity index is 1.44. The first-order valence-corrected chi connectivity index (χ1v) is 10.7. The number of hydrogen-bond acceptors (Lipinski definition) is 5. The average molecular weight is 421 g/mol. The van der Waals surface area contributed by atoms with E-state index in [9.17, 15) is 9.90 Å². The maximum atomic E-state index is 12.7. The molecule has 1 aliphatic rings. The van der Waals surface area contributed by atoms with Crippen molar-refractivity contribution >= 4 is 5.91 Å². The fraction of sp³-hybridized carbons (Fsp3) is 0.333. The minimum Gasteiger partial charge on any atom is -0.492 e. The van der Waals surface area contributed by atoms with Gasteiger partial charge in [-0.1, -0.05) is 48.5 Å². The molecule has 0 saturated carbocycles. The molecule has 0 aliphatic carbocycles. The van der Waals surface area contributed by atoms with Crippen LogP contribution in [-0.2, 0) is 6.54 Å². The number of aliphatic hydroxyl groups excluding tert-OH is 1. The molecule has 2 aromatic carbocycles. The van der Waals surface area contributed by atoms with Gasteiger partial charge in [0.15, 0.2) is 0 Å². The molecule has 7 nitrogen and oxygen atoms in total. The molecule has 0 spiro atoms. The number of nitrogens with one attached hydrogen (secondary N) is 1. The third-order valence-electron chi connectivity index (χ3n) is 5.40. The van der Waals surface area contributed by atoms with E-state index in [-0.39, 0.29) is 18.6 Å². The topological polar surface area (TPSA) is 79.6 Å². The maximum absolute atomic E-state index is 12.7. The molecule has 1 amide bonds. The van der Waals surface area contributed by atoms with Crippen LogP contribution in [0.25, 0.3) is 0 Å². The smallest absolute Gasteiger partial charge is 0.271 e. The van der Waals surface area contributed by atoms with Gasteiger partial charge in [0.25, 0.3) is 5.91 Å². The summed E-state index contributed by atoms with van der Waals surface area (Å²) in [6.07, 6.45) is 2.54. The summed E-state index contributed by atoms with van der Waals surface area (Å²) in [5.74, 6) is 1.44. The highest BCUT2D eigenvalue weighted by molar-refractivity contribution is 5.92. The number of hydrogen-bond donors (Lipinski definition) is 2. The number of imidazole rings is 1. The molecule has 0 bridgehead atoms. The Bertz CT molecular complexity index is 975. The third kappa shape index (κ3) is 5.13. The van der Waals surface area contributed by atoms with Crippen LogP contribution in [0.4, 0.5) is 0 Å². The number of aliphatic hydroxyl groups is 1. The molecular formula is C24H28N4O3. The number of ether oxygens (including phenoxy) is 1. The van der Waals surface area contributed by atoms with Gasteiger partial charge in [-0.05, 0) is 24.1 Å². The first kappa shape index (κ1) is 21.1. The number of amides is 1. The van der Waals surface area contributed by atoms with Gasteiger partial charge < -0.3 is 19.7 Å². The highest BCUT2D eigenvalue weighted by atomic mass is 16.5. The van der Waals surface area contributed by atoms with Gasteiger partial charge in [0.2, 0.25) is 0 Å². The van der Waals surface area contributed by atoms with Crippen LogP contribution in [0.1, 0.15) is 34.3 Å². The van der Waals surface area contributed by atoms with Crippen LogP contribution < -0.4 is 10.1 Å². The van der Waals surface area contributed by atoms with Gasteiger partial charge in [0, 0.05) is 32.4 Å².